The maximum absolute atomic E-state index is 14.0. The fraction of sp³-hybridized carbons (Fsp3) is 0.391. The first-order valence-electron chi connectivity index (χ1n) is 9.80. The van der Waals surface area contributed by atoms with Crippen molar-refractivity contribution in [2.45, 2.75) is 45.8 Å². The van der Waals surface area contributed by atoms with Crippen molar-refractivity contribution >= 4 is 12.0 Å². The molecule has 0 spiro atoms. The molecular formula is C23H29FN2O4. The van der Waals surface area contributed by atoms with Gasteiger partial charge in [-0.3, -0.25) is 4.79 Å². The Morgan fingerprint density at radius 1 is 1.13 bits per heavy atom. The van der Waals surface area contributed by atoms with Crippen LogP contribution in [0.4, 0.5) is 9.18 Å². The number of amides is 2. The van der Waals surface area contributed by atoms with E-state index in [1.54, 1.807) is 45.9 Å². The molecule has 0 aliphatic heterocycles. The summed E-state index contributed by atoms with van der Waals surface area (Å²) in [6.45, 7) is 7.50. The summed E-state index contributed by atoms with van der Waals surface area (Å²) in [5.41, 5.74) is 1.35. The first-order chi connectivity index (χ1) is 14.1. The van der Waals surface area contributed by atoms with Crippen LogP contribution in [-0.4, -0.2) is 31.3 Å². The van der Waals surface area contributed by atoms with Crippen LogP contribution in [0.3, 0.4) is 0 Å². The minimum Gasteiger partial charge on any atom is -0.494 e. The van der Waals surface area contributed by atoms with Crippen LogP contribution in [0.15, 0.2) is 42.5 Å². The monoisotopic (exact) mass is 416 g/mol. The number of carbonyl (C=O) groups is 2. The van der Waals surface area contributed by atoms with Gasteiger partial charge in [0.15, 0.2) is 11.6 Å². The maximum Gasteiger partial charge on any atom is 0.407 e. The number of carbonyl (C=O) groups excluding carboxylic acids is 2. The summed E-state index contributed by atoms with van der Waals surface area (Å²) in [5.74, 6) is -0.601. The molecule has 162 valence electrons. The molecule has 0 saturated carbocycles. The molecule has 2 amide bonds. The highest BCUT2D eigenvalue weighted by Crippen LogP contribution is 2.22. The number of benzene rings is 2. The molecule has 0 aromatic heterocycles. The van der Waals surface area contributed by atoms with Crippen LogP contribution in [0, 0.1) is 5.82 Å². The zero-order valence-electron chi connectivity index (χ0n) is 18.0. The molecule has 6 nitrogen and oxygen atoms in total. The number of halogens is 1. The Balaban J connectivity index is 2.01. The predicted octanol–water partition coefficient (Wildman–Crippen LogP) is 4.39. The molecule has 7 heteroatoms. The van der Waals surface area contributed by atoms with Gasteiger partial charge in [-0.2, -0.15) is 0 Å². The van der Waals surface area contributed by atoms with Crippen LogP contribution in [0.2, 0.25) is 0 Å². The Morgan fingerprint density at radius 2 is 1.83 bits per heavy atom. The Bertz CT molecular complexity index is 893. The van der Waals surface area contributed by atoms with Gasteiger partial charge in [0, 0.05) is 12.1 Å². The van der Waals surface area contributed by atoms with Crippen molar-refractivity contribution in [2.24, 2.45) is 0 Å². The lowest BCUT2D eigenvalue weighted by molar-refractivity contribution is 0.0528. The topological polar surface area (TPSA) is 76.7 Å². The smallest absolute Gasteiger partial charge is 0.407 e. The highest BCUT2D eigenvalue weighted by molar-refractivity contribution is 5.96. The lowest BCUT2D eigenvalue weighted by Crippen LogP contribution is -2.34. The zero-order chi connectivity index (χ0) is 22.3. The largest absolute Gasteiger partial charge is 0.494 e. The van der Waals surface area contributed by atoms with Crippen LogP contribution >= 0.6 is 0 Å². The van der Waals surface area contributed by atoms with Crippen LogP contribution in [0.5, 0.6) is 5.75 Å². The van der Waals surface area contributed by atoms with Gasteiger partial charge in [-0.15, -0.1) is 0 Å². The third-order valence-corrected chi connectivity index (χ3v) is 4.35. The standard InChI is InChI=1S/C23H29FN2O4/c1-15(17-10-11-20(29-5)19(24)14-17)26-21(27)18-9-7-6-8-16(18)12-13-25-22(28)30-23(2,3)4/h6-11,14-15H,12-13H2,1-5H3,(H,25,28)(H,26,27). The van der Waals surface area contributed by atoms with Crippen molar-refractivity contribution in [1.29, 1.82) is 0 Å². The molecule has 0 radical (unpaired) electrons. The molecule has 0 aliphatic carbocycles. The summed E-state index contributed by atoms with van der Waals surface area (Å²) in [5, 5.41) is 5.58. The number of rotatable bonds is 7. The second kappa shape index (κ2) is 10.1. The van der Waals surface area contributed by atoms with E-state index in [0.29, 0.717) is 24.1 Å². The molecule has 0 fully saturated rings. The molecule has 1 atom stereocenters. The van der Waals surface area contributed by atoms with Crippen molar-refractivity contribution < 1.29 is 23.5 Å². The zero-order valence-corrected chi connectivity index (χ0v) is 18.0. The number of ether oxygens (including phenoxy) is 2. The van der Waals surface area contributed by atoms with Gasteiger partial charge < -0.3 is 20.1 Å². The van der Waals surface area contributed by atoms with Crippen molar-refractivity contribution in [3.8, 4) is 5.75 Å². The molecule has 1 unspecified atom stereocenters. The van der Waals surface area contributed by atoms with Gasteiger partial charge in [-0.1, -0.05) is 24.3 Å². The molecule has 0 heterocycles. The lowest BCUT2D eigenvalue weighted by Gasteiger charge is -2.20. The van der Waals surface area contributed by atoms with E-state index in [2.05, 4.69) is 10.6 Å². The molecule has 0 aliphatic rings. The number of hydrogen-bond acceptors (Lipinski definition) is 4. The summed E-state index contributed by atoms with van der Waals surface area (Å²) < 4.78 is 24.1. The molecule has 30 heavy (non-hydrogen) atoms. The van der Waals surface area contributed by atoms with E-state index < -0.39 is 23.6 Å². The van der Waals surface area contributed by atoms with Crippen molar-refractivity contribution in [1.82, 2.24) is 10.6 Å². The van der Waals surface area contributed by atoms with Crippen LogP contribution in [-0.2, 0) is 11.2 Å². The highest BCUT2D eigenvalue weighted by atomic mass is 19.1. The van der Waals surface area contributed by atoms with E-state index in [0.717, 1.165) is 5.56 Å². The number of methoxy groups -OCH3 is 1. The third-order valence-electron chi connectivity index (χ3n) is 4.35. The van der Waals surface area contributed by atoms with Gasteiger partial charge in [0.05, 0.1) is 13.2 Å². The fourth-order valence-electron chi connectivity index (χ4n) is 2.88. The average Bonchev–Trinajstić information content (AvgIpc) is 2.66. The summed E-state index contributed by atoms with van der Waals surface area (Å²) in [6.07, 6.45) is -0.0337. The summed E-state index contributed by atoms with van der Waals surface area (Å²) in [7, 11) is 1.40. The second-order valence-corrected chi connectivity index (χ2v) is 7.92. The lowest BCUT2D eigenvalue weighted by atomic mass is 10.0. The van der Waals surface area contributed by atoms with Gasteiger partial charge >= 0.3 is 6.09 Å². The first-order valence-corrected chi connectivity index (χ1v) is 9.80. The minimum absolute atomic E-state index is 0.153. The number of hydrogen-bond donors (Lipinski definition) is 2. The van der Waals surface area contributed by atoms with E-state index in [1.807, 2.05) is 12.1 Å². The summed E-state index contributed by atoms with van der Waals surface area (Å²) >= 11 is 0. The summed E-state index contributed by atoms with van der Waals surface area (Å²) in [4.78, 5) is 24.6. The van der Waals surface area contributed by atoms with Crippen LogP contribution in [0.1, 0.15) is 55.2 Å². The van der Waals surface area contributed by atoms with Gasteiger partial charge in [-0.25, -0.2) is 9.18 Å². The van der Waals surface area contributed by atoms with E-state index in [4.69, 9.17) is 9.47 Å². The maximum atomic E-state index is 14.0. The molecule has 2 aromatic carbocycles. The number of nitrogens with one attached hydrogen (secondary N) is 2. The first kappa shape index (κ1) is 23.2. The SMILES string of the molecule is COc1ccc(C(C)NC(=O)c2ccccc2CCNC(=O)OC(C)(C)C)cc1F. The Labute approximate surface area is 176 Å². The van der Waals surface area contributed by atoms with Crippen molar-refractivity contribution in [3.05, 3.63) is 65.0 Å². The molecule has 2 aromatic rings. The Kier molecular flexibility index (Phi) is 7.80. The predicted molar refractivity (Wildman–Crippen MR) is 113 cm³/mol. The van der Waals surface area contributed by atoms with E-state index >= 15 is 0 Å². The van der Waals surface area contributed by atoms with E-state index in [-0.39, 0.29) is 11.7 Å². The van der Waals surface area contributed by atoms with Crippen LogP contribution in [0.25, 0.3) is 0 Å². The quantitative estimate of drug-likeness (QED) is 0.702. The van der Waals surface area contributed by atoms with Gasteiger partial charge in [0.2, 0.25) is 0 Å². The van der Waals surface area contributed by atoms with Crippen molar-refractivity contribution in [2.75, 3.05) is 13.7 Å². The van der Waals surface area contributed by atoms with Crippen molar-refractivity contribution in [3.63, 3.8) is 0 Å². The molecule has 2 rings (SSSR count). The normalized spacial score (nSPS) is 12.1. The molecular weight excluding hydrogens is 387 g/mol. The Hall–Kier alpha value is -3.09. The molecule has 0 saturated heterocycles. The van der Waals surface area contributed by atoms with E-state index in [9.17, 15) is 14.0 Å². The second-order valence-electron chi connectivity index (χ2n) is 7.92. The van der Waals surface area contributed by atoms with Gasteiger partial charge in [0.25, 0.3) is 5.91 Å². The third kappa shape index (κ3) is 6.76. The molecule has 0 bridgehead atoms. The number of alkyl carbamates (subject to hydrolysis) is 1. The van der Waals surface area contributed by atoms with Gasteiger partial charge in [-0.05, 0) is 63.4 Å². The van der Waals surface area contributed by atoms with Crippen LogP contribution < -0.4 is 15.4 Å². The molecule has 2 N–H and O–H groups in total. The van der Waals surface area contributed by atoms with E-state index in [1.165, 1.54) is 19.2 Å². The Morgan fingerprint density at radius 3 is 2.47 bits per heavy atom. The average molecular weight is 416 g/mol. The fourth-order valence-corrected chi connectivity index (χ4v) is 2.88. The highest BCUT2D eigenvalue weighted by Gasteiger charge is 2.18. The van der Waals surface area contributed by atoms with Gasteiger partial charge in [0.1, 0.15) is 5.60 Å². The summed E-state index contributed by atoms with van der Waals surface area (Å²) in [6, 6.07) is 11.4. The minimum atomic E-state index is -0.570.